The van der Waals surface area contributed by atoms with Gasteiger partial charge in [-0.1, -0.05) is 36.4 Å². The van der Waals surface area contributed by atoms with Crippen molar-refractivity contribution in [2.75, 3.05) is 5.32 Å². The minimum Gasteiger partial charge on any atom is -0.451 e. The van der Waals surface area contributed by atoms with Crippen LogP contribution in [0.1, 0.15) is 21.7 Å². The summed E-state index contributed by atoms with van der Waals surface area (Å²) >= 11 is 0. The molecule has 0 saturated heterocycles. The van der Waals surface area contributed by atoms with E-state index in [2.05, 4.69) is 15.6 Å². The Morgan fingerprint density at radius 1 is 0.926 bits per heavy atom. The molecule has 1 amide bonds. The molecule has 2 N–H and O–H groups in total. The lowest BCUT2D eigenvalue weighted by Gasteiger charge is -2.05. The maximum Gasteiger partial charge on any atom is 0.287 e. The molecule has 0 fully saturated rings. The van der Waals surface area contributed by atoms with E-state index in [1.165, 1.54) is 0 Å². The van der Waals surface area contributed by atoms with Crippen molar-refractivity contribution in [3.05, 3.63) is 96.0 Å². The molecule has 2 aromatic heterocycles. The molecule has 0 bridgehead atoms. The van der Waals surface area contributed by atoms with E-state index in [9.17, 15) is 4.79 Å². The molecule has 5 nitrogen and oxygen atoms in total. The van der Waals surface area contributed by atoms with Crippen molar-refractivity contribution >= 4 is 22.6 Å². The van der Waals surface area contributed by atoms with Crippen LogP contribution >= 0.6 is 0 Å². The molecule has 4 aromatic rings. The van der Waals surface area contributed by atoms with Gasteiger partial charge in [-0.25, -0.2) is 0 Å². The Morgan fingerprint density at radius 2 is 1.78 bits per heavy atom. The van der Waals surface area contributed by atoms with Crippen LogP contribution in [0.2, 0.25) is 0 Å². The number of amides is 1. The molecule has 0 spiro atoms. The fourth-order valence-electron chi connectivity index (χ4n) is 2.84. The summed E-state index contributed by atoms with van der Waals surface area (Å²) < 4.78 is 5.69. The SMILES string of the molecule is O=C(NCc1ccccc1)c1cc2cc(NCc3cccnc3)ccc2o1. The molecule has 4 rings (SSSR count). The average molecular weight is 357 g/mol. The number of pyridine rings is 1. The molecule has 27 heavy (non-hydrogen) atoms. The quantitative estimate of drug-likeness (QED) is 0.538. The molecule has 0 atom stereocenters. The normalized spacial score (nSPS) is 10.7. The molecular formula is C22H19N3O2. The summed E-state index contributed by atoms with van der Waals surface area (Å²) in [6.07, 6.45) is 3.59. The number of carbonyl (C=O) groups is 1. The van der Waals surface area contributed by atoms with Crippen LogP contribution in [0.15, 0.2) is 83.5 Å². The lowest BCUT2D eigenvalue weighted by Crippen LogP contribution is -2.22. The van der Waals surface area contributed by atoms with Crippen LogP contribution in [0.4, 0.5) is 5.69 Å². The molecule has 134 valence electrons. The van der Waals surface area contributed by atoms with Crippen LogP contribution in [0.25, 0.3) is 11.0 Å². The summed E-state index contributed by atoms with van der Waals surface area (Å²) in [5.74, 6) is 0.0882. The van der Waals surface area contributed by atoms with Crippen molar-refractivity contribution in [2.45, 2.75) is 13.1 Å². The molecule has 0 saturated carbocycles. The molecule has 2 heterocycles. The second kappa shape index (κ2) is 7.74. The predicted octanol–water partition coefficient (Wildman–Crippen LogP) is 4.37. The number of furan rings is 1. The Hall–Kier alpha value is -3.60. The highest BCUT2D eigenvalue weighted by Crippen LogP contribution is 2.23. The summed E-state index contributed by atoms with van der Waals surface area (Å²) in [6, 6.07) is 21.3. The standard InChI is InChI=1S/C22H19N3O2/c26-22(25-14-16-5-2-1-3-6-16)21-12-18-11-19(8-9-20(18)27-21)24-15-17-7-4-10-23-13-17/h1-13,24H,14-15H2,(H,25,26). The van der Waals surface area contributed by atoms with Crippen LogP contribution in [-0.2, 0) is 13.1 Å². The summed E-state index contributed by atoms with van der Waals surface area (Å²) in [4.78, 5) is 16.5. The predicted molar refractivity (Wildman–Crippen MR) is 105 cm³/mol. The molecule has 0 unspecified atom stereocenters. The smallest absolute Gasteiger partial charge is 0.287 e. The number of nitrogens with zero attached hydrogens (tertiary/aromatic N) is 1. The van der Waals surface area contributed by atoms with E-state index >= 15 is 0 Å². The highest BCUT2D eigenvalue weighted by molar-refractivity contribution is 5.96. The first-order valence-electron chi connectivity index (χ1n) is 8.76. The number of hydrogen-bond acceptors (Lipinski definition) is 4. The zero-order valence-corrected chi connectivity index (χ0v) is 14.7. The van der Waals surface area contributed by atoms with Gasteiger partial charge in [-0.15, -0.1) is 0 Å². The maximum absolute atomic E-state index is 12.4. The van der Waals surface area contributed by atoms with Crippen LogP contribution in [-0.4, -0.2) is 10.9 Å². The van der Waals surface area contributed by atoms with E-state index in [4.69, 9.17) is 4.42 Å². The van der Waals surface area contributed by atoms with Gasteiger partial charge in [0.05, 0.1) is 0 Å². The maximum atomic E-state index is 12.4. The van der Waals surface area contributed by atoms with Crippen LogP contribution in [0, 0.1) is 0 Å². The number of carbonyl (C=O) groups excluding carboxylic acids is 1. The second-order valence-corrected chi connectivity index (χ2v) is 6.25. The van der Waals surface area contributed by atoms with Crippen molar-refractivity contribution in [2.24, 2.45) is 0 Å². The molecule has 0 aliphatic heterocycles. The van der Waals surface area contributed by atoms with Crippen molar-refractivity contribution in [1.29, 1.82) is 0 Å². The van der Waals surface area contributed by atoms with E-state index in [0.29, 0.717) is 24.4 Å². The van der Waals surface area contributed by atoms with Crippen LogP contribution in [0.3, 0.4) is 0 Å². The van der Waals surface area contributed by atoms with Gasteiger partial charge in [-0.05, 0) is 41.5 Å². The highest BCUT2D eigenvalue weighted by Gasteiger charge is 2.12. The zero-order chi connectivity index (χ0) is 18.5. The molecule has 5 heteroatoms. The highest BCUT2D eigenvalue weighted by atomic mass is 16.3. The molecular weight excluding hydrogens is 338 g/mol. The number of benzene rings is 2. The molecule has 2 aromatic carbocycles. The first-order chi connectivity index (χ1) is 13.3. The third-order valence-electron chi connectivity index (χ3n) is 4.26. The summed E-state index contributed by atoms with van der Waals surface area (Å²) in [6.45, 7) is 1.15. The number of rotatable bonds is 6. The van der Waals surface area contributed by atoms with Gasteiger partial charge in [-0.3, -0.25) is 9.78 Å². The first kappa shape index (κ1) is 16.8. The van der Waals surface area contributed by atoms with Gasteiger partial charge in [-0.2, -0.15) is 0 Å². The Balaban J connectivity index is 1.43. The van der Waals surface area contributed by atoms with Gasteiger partial charge in [0.2, 0.25) is 0 Å². The van der Waals surface area contributed by atoms with E-state index in [0.717, 1.165) is 22.2 Å². The molecule has 0 aliphatic carbocycles. The van der Waals surface area contributed by atoms with Crippen LogP contribution in [0.5, 0.6) is 0 Å². The Kier molecular flexibility index (Phi) is 4.83. The van der Waals surface area contributed by atoms with Crippen LogP contribution < -0.4 is 10.6 Å². The summed E-state index contributed by atoms with van der Waals surface area (Å²) in [5, 5.41) is 7.12. The van der Waals surface area contributed by atoms with Crippen molar-refractivity contribution < 1.29 is 9.21 Å². The Labute approximate surface area is 157 Å². The second-order valence-electron chi connectivity index (χ2n) is 6.25. The number of nitrogens with one attached hydrogen (secondary N) is 2. The van der Waals surface area contributed by atoms with Crippen molar-refractivity contribution in [3.63, 3.8) is 0 Å². The number of hydrogen-bond donors (Lipinski definition) is 2. The third-order valence-corrected chi connectivity index (χ3v) is 4.26. The van der Waals surface area contributed by atoms with Gasteiger partial charge in [0, 0.05) is 36.6 Å². The largest absolute Gasteiger partial charge is 0.451 e. The number of aromatic nitrogens is 1. The first-order valence-corrected chi connectivity index (χ1v) is 8.76. The summed E-state index contributed by atoms with van der Waals surface area (Å²) in [7, 11) is 0. The van der Waals surface area contributed by atoms with E-state index in [1.54, 1.807) is 12.3 Å². The third kappa shape index (κ3) is 4.15. The van der Waals surface area contributed by atoms with E-state index in [-0.39, 0.29) is 5.91 Å². The van der Waals surface area contributed by atoms with Gasteiger partial charge in [0.1, 0.15) is 5.58 Å². The van der Waals surface area contributed by atoms with Gasteiger partial charge >= 0.3 is 0 Å². The van der Waals surface area contributed by atoms with E-state index in [1.807, 2.05) is 66.9 Å². The topological polar surface area (TPSA) is 67.2 Å². The fourth-order valence-corrected chi connectivity index (χ4v) is 2.84. The van der Waals surface area contributed by atoms with Gasteiger partial charge in [0.25, 0.3) is 5.91 Å². The molecule has 0 radical (unpaired) electrons. The lowest BCUT2D eigenvalue weighted by molar-refractivity contribution is 0.0925. The minimum absolute atomic E-state index is 0.222. The van der Waals surface area contributed by atoms with Gasteiger partial charge < -0.3 is 15.1 Å². The van der Waals surface area contributed by atoms with Crippen molar-refractivity contribution in [1.82, 2.24) is 10.3 Å². The zero-order valence-electron chi connectivity index (χ0n) is 14.7. The average Bonchev–Trinajstić information content (AvgIpc) is 3.15. The Morgan fingerprint density at radius 3 is 2.59 bits per heavy atom. The van der Waals surface area contributed by atoms with E-state index < -0.39 is 0 Å². The molecule has 0 aliphatic rings. The lowest BCUT2D eigenvalue weighted by atomic mass is 10.2. The number of anilines is 1. The monoisotopic (exact) mass is 357 g/mol. The van der Waals surface area contributed by atoms with Gasteiger partial charge in [0.15, 0.2) is 5.76 Å². The fraction of sp³-hybridized carbons (Fsp3) is 0.0909. The number of fused-ring (bicyclic) bond motifs is 1. The van der Waals surface area contributed by atoms with Crippen molar-refractivity contribution in [3.8, 4) is 0 Å². The Bertz CT molecular complexity index is 1040. The summed E-state index contributed by atoms with van der Waals surface area (Å²) in [5.41, 5.74) is 3.80. The minimum atomic E-state index is -0.222.